The summed E-state index contributed by atoms with van der Waals surface area (Å²) in [5, 5.41) is 12.7. The molecule has 3 aromatic rings. The number of nitriles is 1. The van der Waals surface area contributed by atoms with Gasteiger partial charge in [0.2, 0.25) is 11.7 Å². The van der Waals surface area contributed by atoms with E-state index in [-0.39, 0.29) is 0 Å². The van der Waals surface area contributed by atoms with E-state index in [1.54, 1.807) is 18.4 Å². The van der Waals surface area contributed by atoms with Gasteiger partial charge in [-0.1, -0.05) is 17.3 Å². The van der Waals surface area contributed by atoms with E-state index in [1.807, 2.05) is 25.1 Å². The highest BCUT2D eigenvalue weighted by Crippen LogP contribution is 2.21. The number of rotatable bonds is 3. The maximum absolute atomic E-state index is 8.75. The van der Waals surface area contributed by atoms with Crippen LogP contribution in [0.5, 0.6) is 0 Å². The average molecular weight is 265 g/mol. The Kier molecular flexibility index (Phi) is 3.05. The number of furan rings is 1. The minimum Gasteiger partial charge on any atom is -0.469 e. The van der Waals surface area contributed by atoms with E-state index in [0.29, 0.717) is 23.7 Å². The highest BCUT2D eigenvalue weighted by Gasteiger charge is 2.12. The lowest BCUT2D eigenvalue weighted by Crippen LogP contribution is -1.89. The lowest BCUT2D eigenvalue weighted by Gasteiger charge is -1.95. The Morgan fingerprint density at radius 2 is 2.00 bits per heavy atom. The summed E-state index contributed by atoms with van der Waals surface area (Å²) in [6.45, 7) is 1.85. The molecule has 0 aliphatic heterocycles. The van der Waals surface area contributed by atoms with E-state index < -0.39 is 0 Å². The molecular weight excluding hydrogens is 254 g/mol. The van der Waals surface area contributed by atoms with Crippen LogP contribution in [0.15, 0.2) is 45.5 Å². The van der Waals surface area contributed by atoms with Gasteiger partial charge in [-0.2, -0.15) is 10.2 Å². The van der Waals surface area contributed by atoms with Crippen LogP contribution >= 0.6 is 0 Å². The first kappa shape index (κ1) is 12.2. The highest BCUT2D eigenvalue weighted by atomic mass is 16.5. The molecule has 0 aliphatic carbocycles. The molecule has 98 valence electrons. The van der Waals surface area contributed by atoms with Crippen molar-refractivity contribution in [2.24, 2.45) is 0 Å². The molecule has 1 aromatic carbocycles. The van der Waals surface area contributed by atoms with Crippen molar-refractivity contribution in [2.75, 3.05) is 0 Å². The van der Waals surface area contributed by atoms with Crippen LogP contribution in [0.2, 0.25) is 0 Å². The van der Waals surface area contributed by atoms with Crippen molar-refractivity contribution < 1.29 is 8.94 Å². The molecule has 5 heteroatoms. The summed E-state index contributed by atoms with van der Waals surface area (Å²) in [5.41, 5.74) is 2.48. The van der Waals surface area contributed by atoms with Crippen molar-refractivity contribution in [1.29, 1.82) is 5.26 Å². The fourth-order valence-corrected chi connectivity index (χ4v) is 1.92. The Balaban J connectivity index is 1.80. The van der Waals surface area contributed by atoms with Crippen molar-refractivity contribution in [3.05, 3.63) is 59.4 Å². The number of benzene rings is 1. The second-order valence-corrected chi connectivity index (χ2v) is 4.39. The zero-order valence-corrected chi connectivity index (χ0v) is 10.8. The first-order valence-electron chi connectivity index (χ1n) is 6.12. The number of aromatic nitrogens is 2. The van der Waals surface area contributed by atoms with Gasteiger partial charge in [0.1, 0.15) is 5.76 Å². The highest BCUT2D eigenvalue weighted by molar-refractivity contribution is 5.56. The molecule has 0 atom stereocenters. The van der Waals surface area contributed by atoms with Gasteiger partial charge in [-0.3, -0.25) is 0 Å². The van der Waals surface area contributed by atoms with Gasteiger partial charge >= 0.3 is 0 Å². The van der Waals surface area contributed by atoms with Crippen molar-refractivity contribution in [3.8, 4) is 17.5 Å². The van der Waals surface area contributed by atoms with Gasteiger partial charge in [0, 0.05) is 0 Å². The molecule has 2 heterocycles. The van der Waals surface area contributed by atoms with Crippen molar-refractivity contribution in [3.63, 3.8) is 0 Å². The molecule has 2 aromatic heterocycles. The third kappa shape index (κ3) is 2.31. The van der Waals surface area contributed by atoms with Gasteiger partial charge in [-0.25, -0.2) is 0 Å². The first-order valence-corrected chi connectivity index (χ1v) is 6.12. The Bertz CT molecular complexity index is 763. The largest absolute Gasteiger partial charge is 0.469 e. The number of aryl methyl sites for hydroxylation is 1. The van der Waals surface area contributed by atoms with Crippen LogP contribution in [0.4, 0.5) is 0 Å². The topological polar surface area (TPSA) is 75.8 Å². The van der Waals surface area contributed by atoms with Crippen LogP contribution in [-0.4, -0.2) is 10.1 Å². The van der Waals surface area contributed by atoms with E-state index in [4.69, 9.17) is 14.2 Å². The van der Waals surface area contributed by atoms with Crippen molar-refractivity contribution in [2.45, 2.75) is 13.3 Å². The van der Waals surface area contributed by atoms with Crippen LogP contribution in [0.3, 0.4) is 0 Å². The van der Waals surface area contributed by atoms with Crippen molar-refractivity contribution in [1.82, 2.24) is 10.1 Å². The number of hydrogen-bond donors (Lipinski definition) is 0. The molecular formula is C15H11N3O2. The molecule has 0 unspecified atom stereocenters. The van der Waals surface area contributed by atoms with Gasteiger partial charge in [0.05, 0.1) is 29.9 Å². The van der Waals surface area contributed by atoms with Gasteiger partial charge in [-0.05, 0) is 30.7 Å². The third-order valence-corrected chi connectivity index (χ3v) is 3.01. The normalized spacial score (nSPS) is 10.4. The molecule has 3 rings (SSSR count). The van der Waals surface area contributed by atoms with Gasteiger partial charge in [0.15, 0.2) is 0 Å². The van der Waals surface area contributed by atoms with Crippen LogP contribution in [0.25, 0.3) is 11.4 Å². The molecule has 0 bridgehead atoms. The number of nitrogens with zero attached hydrogens (tertiary/aromatic N) is 3. The zero-order valence-electron chi connectivity index (χ0n) is 10.8. The Morgan fingerprint density at radius 1 is 1.20 bits per heavy atom. The monoisotopic (exact) mass is 265 g/mol. The molecule has 0 saturated heterocycles. The van der Waals surface area contributed by atoms with Crippen LogP contribution < -0.4 is 0 Å². The maximum Gasteiger partial charge on any atom is 0.231 e. The Hall–Kier alpha value is -2.87. The quantitative estimate of drug-likeness (QED) is 0.727. The van der Waals surface area contributed by atoms with Crippen molar-refractivity contribution >= 4 is 0 Å². The summed E-state index contributed by atoms with van der Waals surface area (Å²) in [7, 11) is 0. The fraction of sp³-hybridized carbons (Fsp3) is 0.133. The molecule has 0 amide bonds. The SMILES string of the molecule is Cc1occc1-c1noc(Cc2ccc(C#N)cc2)n1. The van der Waals surface area contributed by atoms with E-state index in [9.17, 15) is 0 Å². The second kappa shape index (κ2) is 5.02. The summed E-state index contributed by atoms with van der Waals surface area (Å²) < 4.78 is 10.5. The zero-order chi connectivity index (χ0) is 13.9. The van der Waals surface area contributed by atoms with Gasteiger partial charge in [0.25, 0.3) is 0 Å². The molecule has 0 aliphatic rings. The van der Waals surface area contributed by atoms with Crippen LogP contribution in [0, 0.1) is 18.3 Å². The third-order valence-electron chi connectivity index (χ3n) is 3.01. The van der Waals surface area contributed by atoms with Crippen LogP contribution in [-0.2, 0) is 6.42 Å². The summed E-state index contributed by atoms with van der Waals surface area (Å²) in [6.07, 6.45) is 2.14. The Labute approximate surface area is 115 Å². The molecule has 0 radical (unpaired) electrons. The van der Waals surface area contributed by atoms with E-state index >= 15 is 0 Å². The lowest BCUT2D eigenvalue weighted by atomic mass is 10.1. The molecule has 20 heavy (non-hydrogen) atoms. The molecule has 0 fully saturated rings. The smallest absolute Gasteiger partial charge is 0.231 e. The summed E-state index contributed by atoms with van der Waals surface area (Å²) in [4.78, 5) is 4.35. The maximum atomic E-state index is 8.75. The molecule has 0 saturated carbocycles. The molecule has 0 N–H and O–H groups in total. The summed E-state index contributed by atoms with van der Waals surface area (Å²) >= 11 is 0. The summed E-state index contributed by atoms with van der Waals surface area (Å²) in [5.74, 6) is 1.82. The predicted octanol–water partition coefficient (Wildman–Crippen LogP) is 3.10. The minimum atomic E-state index is 0.528. The Morgan fingerprint density at radius 3 is 2.65 bits per heavy atom. The number of hydrogen-bond acceptors (Lipinski definition) is 5. The first-order chi connectivity index (χ1) is 9.76. The second-order valence-electron chi connectivity index (χ2n) is 4.39. The van der Waals surface area contributed by atoms with E-state index in [1.165, 1.54) is 0 Å². The summed E-state index contributed by atoms with van der Waals surface area (Å²) in [6, 6.07) is 11.2. The molecule has 0 spiro atoms. The van der Waals surface area contributed by atoms with Gasteiger partial charge in [-0.15, -0.1) is 0 Å². The van der Waals surface area contributed by atoms with Crippen LogP contribution in [0.1, 0.15) is 22.8 Å². The minimum absolute atomic E-state index is 0.528. The van der Waals surface area contributed by atoms with E-state index in [2.05, 4.69) is 16.2 Å². The average Bonchev–Trinajstić information content (AvgIpc) is 3.08. The lowest BCUT2D eigenvalue weighted by molar-refractivity contribution is 0.385. The van der Waals surface area contributed by atoms with E-state index in [0.717, 1.165) is 16.9 Å². The standard InChI is InChI=1S/C15H11N3O2/c1-10-13(6-7-19-10)15-17-14(20-18-15)8-11-2-4-12(9-16)5-3-11/h2-7H,8H2,1H3. The fourth-order valence-electron chi connectivity index (χ4n) is 1.92. The predicted molar refractivity (Wildman–Crippen MR) is 70.7 cm³/mol. The molecule has 5 nitrogen and oxygen atoms in total. The van der Waals surface area contributed by atoms with Gasteiger partial charge < -0.3 is 8.94 Å².